The largest absolute Gasteiger partial charge is 0.303 e. The molecule has 0 amide bonds. The molecule has 0 bridgehead atoms. The fourth-order valence-corrected chi connectivity index (χ4v) is 2.46. The van der Waals surface area contributed by atoms with Crippen LogP contribution in [0.4, 0.5) is 0 Å². The smallest absolute Gasteiger partial charge is 0.123 e. The fourth-order valence-electron chi connectivity index (χ4n) is 2.46. The van der Waals surface area contributed by atoms with Gasteiger partial charge in [0.15, 0.2) is 0 Å². The zero-order valence-electron chi connectivity index (χ0n) is 12.3. The first kappa shape index (κ1) is 14.3. The van der Waals surface area contributed by atoms with E-state index in [9.17, 15) is 4.79 Å². The minimum atomic E-state index is 0.0561. The Labute approximate surface area is 115 Å². The third-order valence-corrected chi connectivity index (χ3v) is 3.86. The van der Waals surface area contributed by atoms with Gasteiger partial charge in [0.05, 0.1) is 11.7 Å². The molecule has 1 aliphatic heterocycles. The van der Waals surface area contributed by atoms with E-state index in [4.69, 9.17) is 0 Å². The van der Waals surface area contributed by atoms with Gasteiger partial charge in [0.1, 0.15) is 6.29 Å². The maximum atomic E-state index is 10.7. The lowest BCUT2D eigenvalue weighted by Gasteiger charge is -2.29. The van der Waals surface area contributed by atoms with Gasteiger partial charge in [0, 0.05) is 18.7 Å². The van der Waals surface area contributed by atoms with Gasteiger partial charge in [-0.15, -0.1) is 0 Å². The highest BCUT2D eigenvalue weighted by Crippen LogP contribution is 2.16. The highest BCUT2D eigenvalue weighted by Gasteiger charge is 2.18. The van der Waals surface area contributed by atoms with Crippen LogP contribution in [0.2, 0.25) is 0 Å². The maximum Gasteiger partial charge on any atom is 0.123 e. The molecule has 1 aliphatic rings. The van der Waals surface area contributed by atoms with E-state index < -0.39 is 0 Å². The molecule has 1 saturated heterocycles. The quantitative estimate of drug-likeness (QED) is 0.781. The normalized spacial score (nSPS) is 18.7. The van der Waals surface area contributed by atoms with Gasteiger partial charge in [-0.3, -0.25) is 4.68 Å². The first-order valence-electron chi connectivity index (χ1n) is 7.21. The molecule has 0 unspecified atom stereocenters. The van der Waals surface area contributed by atoms with Crippen molar-refractivity contribution >= 4 is 6.29 Å². The zero-order chi connectivity index (χ0) is 13.9. The van der Waals surface area contributed by atoms with Crippen LogP contribution in [0.15, 0.2) is 12.4 Å². The van der Waals surface area contributed by atoms with Crippen molar-refractivity contribution in [2.75, 3.05) is 19.6 Å². The fraction of sp³-hybridized carbons (Fsp3) is 0.733. The molecule has 1 fully saturated rings. The van der Waals surface area contributed by atoms with Crippen LogP contribution in [-0.2, 0) is 16.8 Å². The minimum Gasteiger partial charge on any atom is -0.303 e. The molecule has 0 atom stereocenters. The van der Waals surface area contributed by atoms with Gasteiger partial charge in [0.2, 0.25) is 0 Å². The van der Waals surface area contributed by atoms with Crippen LogP contribution in [0.3, 0.4) is 0 Å². The van der Waals surface area contributed by atoms with Crippen LogP contribution in [-0.4, -0.2) is 40.6 Å². The number of rotatable bonds is 4. The Morgan fingerprint density at radius 3 is 2.58 bits per heavy atom. The van der Waals surface area contributed by atoms with Crippen LogP contribution in [0.25, 0.3) is 0 Å². The predicted octanol–water partition coefficient (Wildman–Crippen LogP) is 2.09. The number of aromatic nitrogens is 2. The van der Waals surface area contributed by atoms with Crippen molar-refractivity contribution in [2.45, 2.75) is 45.6 Å². The molecule has 0 radical (unpaired) electrons. The van der Waals surface area contributed by atoms with Crippen LogP contribution in [0.1, 0.15) is 39.2 Å². The van der Waals surface area contributed by atoms with E-state index in [-0.39, 0.29) is 5.54 Å². The van der Waals surface area contributed by atoms with Crippen molar-refractivity contribution in [3.05, 3.63) is 18.0 Å². The van der Waals surface area contributed by atoms with Crippen LogP contribution >= 0.6 is 0 Å². The molecule has 1 aromatic heterocycles. The van der Waals surface area contributed by atoms with Gasteiger partial charge in [-0.2, -0.15) is 5.10 Å². The summed E-state index contributed by atoms with van der Waals surface area (Å²) in [6.45, 7) is 9.66. The standard InChI is InChI=1S/C15H25N3O/c1-15(2,3)18-11-14(10-16-18)6-9-17-7-4-13(12-19)5-8-17/h10-13H,4-9H2,1-3H3. The van der Waals surface area contributed by atoms with Crippen LogP contribution < -0.4 is 0 Å². The maximum absolute atomic E-state index is 10.7. The molecule has 0 spiro atoms. The molecule has 19 heavy (non-hydrogen) atoms. The molecular formula is C15H25N3O. The number of likely N-dealkylation sites (tertiary alicyclic amines) is 1. The highest BCUT2D eigenvalue weighted by molar-refractivity contribution is 5.53. The van der Waals surface area contributed by atoms with E-state index in [0.717, 1.165) is 45.2 Å². The number of aldehydes is 1. The van der Waals surface area contributed by atoms with Crippen LogP contribution in [0.5, 0.6) is 0 Å². The Morgan fingerprint density at radius 2 is 2.05 bits per heavy atom. The van der Waals surface area contributed by atoms with Crippen molar-refractivity contribution in [1.82, 2.24) is 14.7 Å². The Bertz CT molecular complexity index is 411. The van der Waals surface area contributed by atoms with Crippen LogP contribution in [0, 0.1) is 5.92 Å². The summed E-state index contributed by atoms with van der Waals surface area (Å²) in [6, 6.07) is 0. The molecular weight excluding hydrogens is 238 g/mol. The number of piperidine rings is 1. The molecule has 4 heteroatoms. The van der Waals surface area contributed by atoms with Gasteiger partial charge in [-0.25, -0.2) is 0 Å². The lowest BCUT2D eigenvalue weighted by molar-refractivity contribution is -0.112. The molecule has 0 N–H and O–H groups in total. The summed E-state index contributed by atoms with van der Waals surface area (Å²) in [6.07, 6.45) is 8.32. The van der Waals surface area contributed by atoms with Gasteiger partial charge in [0.25, 0.3) is 0 Å². The lowest BCUT2D eigenvalue weighted by Crippen LogP contribution is -2.35. The summed E-state index contributed by atoms with van der Waals surface area (Å²) in [5, 5.41) is 4.43. The summed E-state index contributed by atoms with van der Waals surface area (Å²) in [5.41, 5.74) is 1.35. The molecule has 0 aromatic carbocycles. The van der Waals surface area contributed by atoms with Crippen molar-refractivity contribution < 1.29 is 4.79 Å². The Morgan fingerprint density at radius 1 is 1.37 bits per heavy atom. The summed E-state index contributed by atoms with van der Waals surface area (Å²) in [4.78, 5) is 13.2. The Hall–Kier alpha value is -1.16. The number of carbonyl (C=O) groups excluding carboxylic acids is 1. The van der Waals surface area contributed by atoms with E-state index in [1.54, 1.807) is 0 Å². The van der Waals surface area contributed by atoms with E-state index in [1.165, 1.54) is 5.56 Å². The van der Waals surface area contributed by atoms with E-state index >= 15 is 0 Å². The van der Waals surface area contributed by atoms with Gasteiger partial charge in [-0.1, -0.05) is 0 Å². The molecule has 2 heterocycles. The summed E-state index contributed by atoms with van der Waals surface area (Å²) in [5.74, 6) is 0.292. The van der Waals surface area contributed by atoms with Crippen molar-refractivity contribution in [3.8, 4) is 0 Å². The first-order chi connectivity index (χ1) is 8.99. The average molecular weight is 263 g/mol. The van der Waals surface area contributed by atoms with Crippen molar-refractivity contribution in [1.29, 1.82) is 0 Å². The second-order valence-electron chi connectivity index (χ2n) is 6.53. The first-order valence-corrected chi connectivity index (χ1v) is 7.21. The topological polar surface area (TPSA) is 38.1 Å². The summed E-state index contributed by atoms with van der Waals surface area (Å²) in [7, 11) is 0. The average Bonchev–Trinajstić information content (AvgIpc) is 2.86. The summed E-state index contributed by atoms with van der Waals surface area (Å²) < 4.78 is 2.03. The Balaban J connectivity index is 1.80. The van der Waals surface area contributed by atoms with E-state index in [2.05, 4.69) is 37.0 Å². The molecule has 4 nitrogen and oxygen atoms in total. The molecule has 1 aromatic rings. The number of carbonyl (C=O) groups is 1. The zero-order valence-corrected chi connectivity index (χ0v) is 12.3. The number of hydrogen-bond acceptors (Lipinski definition) is 3. The highest BCUT2D eigenvalue weighted by atomic mass is 16.1. The molecule has 106 valence electrons. The van der Waals surface area contributed by atoms with Crippen molar-refractivity contribution in [2.24, 2.45) is 5.92 Å². The van der Waals surface area contributed by atoms with E-state index in [0.29, 0.717) is 5.92 Å². The number of hydrogen-bond donors (Lipinski definition) is 0. The molecule has 2 rings (SSSR count). The third kappa shape index (κ3) is 3.90. The van der Waals surface area contributed by atoms with Gasteiger partial charge in [-0.05, 0) is 58.7 Å². The van der Waals surface area contributed by atoms with Gasteiger partial charge >= 0.3 is 0 Å². The monoisotopic (exact) mass is 263 g/mol. The second kappa shape index (κ2) is 5.87. The van der Waals surface area contributed by atoms with Gasteiger partial charge < -0.3 is 9.69 Å². The summed E-state index contributed by atoms with van der Waals surface area (Å²) >= 11 is 0. The van der Waals surface area contributed by atoms with Crippen molar-refractivity contribution in [3.63, 3.8) is 0 Å². The lowest BCUT2D eigenvalue weighted by atomic mass is 9.98. The predicted molar refractivity (Wildman–Crippen MR) is 76.2 cm³/mol. The second-order valence-corrected chi connectivity index (χ2v) is 6.53. The SMILES string of the molecule is CC(C)(C)n1cc(CCN2CCC(C=O)CC2)cn1. The Kier molecular flexibility index (Phi) is 4.40. The molecule has 0 saturated carbocycles. The minimum absolute atomic E-state index is 0.0561. The third-order valence-electron chi connectivity index (χ3n) is 3.86. The number of nitrogens with zero attached hydrogens (tertiary/aromatic N) is 3. The van der Waals surface area contributed by atoms with E-state index in [1.807, 2.05) is 10.9 Å². The molecule has 0 aliphatic carbocycles.